The molecule has 14 heavy (non-hydrogen) atoms. The molecule has 0 radical (unpaired) electrons. The number of anilines is 1. The summed E-state index contributed by atoms with van der Waals surface area (Å²) in [4.78, 5) is 0. The van der Waals surface area contributed by atoms with Crippen LogP contribution < -0.4 is 11.1 Å². The molecule has 0 heterocycles. The third kappa shape index (κ3) is 3.04. The summed E-state index contributed by atoms with van der Waals surface area (Å²) >= 11 is 0. The Labute approximate surface area is 86.5 Å². The molecule has 0 unspecified atom stereocenters. The topological polar surface area (TPSA) is 38.0 Å². The summed E-state index contributed by atoms with van der Waals surface area (Å²) in [7, 11) is 0. The number of nitrogens with two attached hydrogens (primary N) is 1. The van der Waals surface area contributed by atoms with Crippen molar-refractivity contribution in [3.05, 3.63) is 29.3 Å². The van der Waals surface area contributed by atoms with Crippen molar-refractivity contribution in [3.63, 3.8) is 0 Å². The molecule has 0 saturated carbocycles. The fraction of sp³-hybridized carbons (Fsp3) is 0.500. The second kappa shape index (κ2) is 4.01. The molecule has 0 aromatic heterocycles. The Hall–Kier alpha value is -1.02. The fourth-order valence-corrected chi connectivity index (χ4v) is 1.49. The highest BCUT2D eigenvalue weighted by Crippen LogP contribution is 2.17. The molecule has 2 heteroatoms. The van der Waals surface area contributed by atoms with Gasteiger partial charge in [-0.3, -0.25) is 0 Å². The quantitative estimate of drug-likeness (QED) is 0.772. The third-order valence-corrected chi connectivity index (χ3v) is 2.21. The van der Waals surface area contributed by atoms with Gasteiger partial charge in [-0.15, -0.1) is 0 Å². The van der Waals surface area contributed by atoms with Crippen molar-refractivity contribution in [2.75, 3.05) is 11.9 Å². The summed E-state index contributed by atoms with van der Waals surface area (Å²) in [5.41, 5.74) is 9.33. The Kier molecular flexibility index (Phi) is 3.17. The van der Waals surface area contributed by atoms with E-state index in [0.717, 1.165) is 5.69 Å². The normalized spacial score (nSPS) is 11.5. The van der Waals surface area contributed by atoms with Gasteiger partial charge in [0.1, 0.15) is 0 Å². The van der Waals surface area contributed by atoms with E-state index in [2.05, 4.69) is 51.2 Å². The van der Waals surface area contributed by atoms with E-state index >= 15 is 0 Å². The lowest BCUT2D eigenvalue weighted by Gasteiger charge is -2.26. The molecule has 3 N–H and O–H groups in total. The molecule has 0 aliphatic carbocycles. The fourth-order valence-electron chi connectivity index (χ4n) is 1.49. The maximum Gasteiger partial charge on any atom is 0.0439 e. The second-order valence-electron chi connectivity index (χ2n) is 4.59. The summed E-state index contributed by atoms with van der Waals surface area (Å²) < 4.78 is 0. The van der Waals surface area contributed by atoms with Crippen molar-refractivity contribution in [1.29, 1.82) is 0 Å². The predicted octanol–water partition coefficient (Wildman–Crippen LogP) is 2.45. The van der Waals surface area contributed by atoms with Crippen molar-refractivity contribution in [2.45, 2.75) is 33.2 Å². The zero-order valence-corrected chi connectivity index (χ0v) is 9.52. The van der Waals surface area contributed by atoms with E-state index in [0.29, 0.717) is 6.54 Å². The molecule has 1 aromatic rings. The highest BCUT2D eigenvalue weighted by Gasteiger charge is 2.14. The van der Waals surface area contributed by atoms with Gasteiger partial charge in [0.05, 0.1) is 0 Å². The minimum atomic E-state index is -0.0414. The van der Waals surface area contributed by atoms with Crippen molar-refractivity contribution in [2.24, 2.45) is 5.73 Å². The molecule has 2 nitrogen and oxygen atoms in total. The van der Waals surface area contributed by atoms with Gasteiger partial charge in [-0.25, -0.2) is 0 Å². The van der Waals surface area contributed by atoms with Gasteiger partial charge in [-0.1, -0.05) is 6.07 Å². The lowest BCUT2D eigenvalue weighted by molar-refractivity contribution is 0.580. The van der Waals surface area contributed by atoms with Gasteiger partial charge in [0.2, 0.25) is 0 Å². The first kappa shape index (κ1) is 11.1. The van der Waals surface area contributed by atoms with Crippen molar-refractivity contribution in [3.8, 4) is 0 Å². The smallest absolute Gasteiger partial charge is 0.0439 e. The van der Waals surface area contributed by atoms with Crippen molar-refractivity contribution in [1.82, 2.24) is 0 Å². The monoisotopic (exact) mass is 192 g/mol. The van der Waals surface area contributed by atoms with Crippen LogP contribution in [0.5, 0.6) is 0 Å². The zero-order chi connectivity index (χ0) is 10.8. The minimum Gasteiger partial charge on any atom is -0.379 e. The maximum atomic E-state index is 5.67. The first-order valence-electron chi connectivity index (χ1n) is 4.99. The van der Waals surface area contributed by atoms with Crippen LogP contribution in [0.4, 0.5) is 5.69 Å². The van der Waals surface area contributed by atoms with Crippen LogP contribution in [0.1, 0.15) is 25.0 Å². The van der Waals surface area contributed by atoms with Gasteiger partial charge in [0.25, 0.3) is 0 Å². The third-order valence-electron chi connectivity index (χ3n) is 2.21. The van der Waals surface area contributed by atoms with Gasteiger partial charge < -0.3 is 11.1 Å². The maximum absolute atomic E-state index is 5.67. The number of hydrogen-bond acceptors (Lipinski definition) is 2. The summed E-state index contributed by atoms with van der Waals surface area (Å²) in [5.74, 6) is 0. The highest BCUT2D eigenvalue weighted by atomic mass is 15.0. The van der Waals surface area contributed by atoms with E-state index < -0.39 is 0 Å². The number of hydrogen-bond donors (Lipinski definition) is 2. The van der Waals surface area contributed by atoms with Crippen molar-refractivity contribution < 1.29 is 0 Å². The lowest BCUT2D eigenvalue weighted by atomic mass is 10.0. The molecule has 0 saturated heterocycles. The van der Waals surface area contributed by atoms with E-state index in [9.17, 15) is 0 Å². The van der Waals surface area contributed by atoms with E-state index in [1.165, 1.54) is 11.1 Å². The molecule has 0 atom stereocenters. The van der Waals surface area contributed by atoms with Crippen LogP contribution in [0.3, 0.4) is 0 Å². The SMILES string of the molecule is Cc1cc(C)cc(NC(C)(C)CN)c1. The van der Waals surface area contributed by atoms with Crippen LogP contribution in [-0.2, 0) is 0 Å². The molecule has 78 valence electrons. The van der Waals surface area contributed by atoms with E-state index in [-0.39, 0.29) is 5.54 Å². The Morgan fingerprint density at radius 1 is 1.14 bits per heavy atom. The van der Waals surface area contributed by atoms with Crippen LogP contribution in [0, 0.1) is 13.8 Å². The van der Waals surface area contributed by atoms with E-state index in [1.807, 2.05) is 0 Å². The number of aryl methyl sites for hydroxylation is 2. The summed E-state index contributed by atoms with van der Waals surface area (Å²) in [6, 6.07) is 6.45. The molecule has 0 fully saturated rings. The first-order chi connectivity index (χ1) is 6.43. The predicted molar refractivity (Wildman–Crippen MR) is 62.7 cm³/mol. The largest absolute Gasteiger partial charge is 0.379 e. The Morgan fingerprint density at radius 2 is 1.64 bits per heavy atom. The average molecular weight is 192 g/mol. The summed E-state index contributed by atoms with van der Waals surface area (Å²) in [6.07, 6.45) is 0. The first-order valence-corrected chi connectivity index (χ1v) is 4.99. The van der Waals surface area contributed by atoms with Gasteiger partial charge in [0, 0.05) is 17.8 Å². The standard InChI is InChI=1S/C12H20N2/c1-9-5-10(2)7-11(6-9)14-12(3,4)8-13/h5-7,14H,8,13H2,1-4H3. The molecule has 0 aliphatic heterocycles. The molecule has 0 aliphatic rings. The van der Waals surface area contributed by atoms with Gasteiger partial charge >= 0.3 is 0 Å². The highest BCUT2D eigenvalue weighted by molar-refractivity contribution is 5.50. The zero-order valence-electron chi connectivity index (χ0n) is 9.52. The molecule has 1 aromatic carbocycles. The molecule has 0 amide bonds. The van der Waals surface area contributed by atoms with Crippen LogP contribution >= 0.6 is 0 Å². The lowest BCUT2D eigenvalue weighted by Crippen LogP contribution is -2.39. The van der Waals surface area contributed by atoms with Crippen LogP contribution in [-0.4, -0.2) is 12.1 Å². The number of nitrogens with one attached hydrogen (secondary N) is 1. The minimum absolute atomic E-state index is 0.0414. The molecular weight excluding hydrogens is 172 g/mol. The summed E-state index contributed by atoms with van der Waals surface area (Å²) in [5, 5.41) is 3.42. The molecule has 0 bridgehead atoms. The second-order valence-corrected chi connectivity index (χ2v) is 4.59. The molecule has 0 spiro atoms. The molecule has 1 rings (SSSR count). The van der Waals surface area contributed by atoms with Gasteiger partial charge in [0.15, 0.2) is 0 Å². The number of rotatable bonds is 3. The van der Waals surface area contributed by atoms with Crippen molar-refractivity contribution >= 4 is 5.69 Å². The van der Waals surface area contributed by atoms with Crippen LogP contribution in [0.25, 0.3) is 0 Å². The molecular formula is C12H20N2. The van der Waals surface area contributed by atoms with E-state index in [1.54, 1.807) is 0 Å². The Bertz CT molecular complexity index is 296. The Balaban J connectivity index is 2.87. The number of benzene rings is 1. The van der Waals surface area contributed by atoms with Gasteiger partial charge in [-0.2, -0.15) is 0 Å². The Morgan fingerprint density at radius 3 is 2.07 bits per heavy atom. The average Bonchev–Trinajstić information content (AvgIpc) is 2.01. The van der Waals surface area contributed by atoms with Gasteiger partial charge in [-0.05, 0) is 51.0 Å². The van der Waals surface area contributed by atoms with Crippen LogP contribution in [0.15, 0.2) is 18.2 Å². The van der Waals surface area contributed by atoms with E-state index in [4.69, 9.17) is 5.73 Å². The summed E-state index contributed by atoms with van der Waals surface area (Å²) in [6.45, 7) is 9.04. The van der Waals surface area contributed by atoms with Crippen LogP contribution in [0.2, 0.25) is 0 Å².